The number of fused-ring (bicyclic) bond motifs is 17. The van der Waals surface area contributed by atoms with Crippen molar-refractivity contribution in [1.29, 1.82) is 0 Å². The van der Waals surface area contributed by atoms with Crippen molar-refractivity contribution in [3.8, 4) is 73.8 Å². The second-order valence-corrected chi connectivity index (χ2v) is 27.3. The van der Waals surface area contributed by atoms with Gasteiger partial charge in [0.1, 0.15) is 47.0 Å². The molecular formula is C69H66FN17O5S. The number of hydrogen-bond acceptors (Lipinski definition) is 16. The number of aliphatic hydroxyl groups excluding tert-OH is 1. The van der Waals surface area contributed by atoms with Gasteiger partial charge in [0.25, 0.3) is 5.91 Å². The Kier molecular flexibility index (Phi) is 14.5. The Morgan fingerprint density at radius 1 is 0.634 bits per heavy atom. The van der Waals surface area contributed by atoms with Gasteiger partial charge in [-0.05, 0) is 156 Å². The number of benzene rings is 1. The van der Waals surface area contributed by atoms with Crippen LogP contribution in [0.3, 0.4) is 0 Å². The molecule has 7 aliphatic rings. The predicted molar refractivity (Wildman–Crippen MR) is 347 cm³/mol. The molecule has 4 aliphatic heterocycles. The highest BCUT2D eigenvalue weighted by Crippen LogP contribution is 2.55. The molecule has 24 heteroatoms. The summed E-state index contributed by atoms with van der Waals surface area (Å²) in [5.74, 6) is 4.41. The van der Waals surface area contributed by atoms with Crippen molar-refractivity contribution in [3.63, 3.8) is 0 Å². The van der Waals surface area contributed by atoms with Gasteiger partial charge in [0.2, 0.25) is 21.7 Å². The van der Waals surface area contributed by atoms with Gasteiger partial charge < -0.3 is 29.3 Å². The maximum Gasteiger partial charge on any atom is 0.287 e. The van der Waals surface area contributed by atoms with Crippen molar-refractivity contribution in [2.75, 3.05) is 32.6 Å². The average Bonchev–Trinajstić information content (AvgIpc) is 1.64. The Bertz CT molecular complexity index is 4960. The van der Waals surface area contributed by atoms with Crippen LogP contribution < -0.4 is 10.5 Å². The van der Waals surface area contributed by atoms with Crippen LogP contribution in [0.15, 0.2) is 122 Å². The second-order valence-electron chi connectivity index (χ2n) is 25.3. The first-order valence-corrected chi connectivity index (χ1v) is 33.7. The van der Waals surface area contributed by atoms with Gasteiger partial charge in [-0.2, -0.15) is 4.31 Å². The van der Waals surface area contributed by atoms with E-state index in [0.717, 1.165) is 115 Å². The number of sulfonamides is 1. The number of hydrogen-bond donors (Lipinski definition) is 2. The second kappa shape index (κ2) is 23.1. The molecule has 0 saturated heterocycles. The molecular weight excluding hydrogens is 1200 g/mol. The Morgan fingerprint density at radius 2 is 1.24 bits per heavy atom. The first-order chi connectivity index (χ1) is 45.2. The summed E-state index contributed by atoms with van der Waals surface area (Å²) in [6.07, 6.45) is 20.9. The zero-order valence-corrected chi connectivity index (χ0v) is 52.3. The number of carbonyl (C=O) groups excluding carboxylic acids is 1. The number of nitrogens with two attached hydrogens (primary N) is 1. The highest BCUT2D eigenvalue weighted by atomic mass is 32.2. The zero-order chi connectivity index (χ0) is 63.4. The number of nitrogens with zero attached hydrogens (tertiary/aromatic N) is 16. The number of rotatable bonds is 12. The number of amides is 1. The van der Waals surface area contributed by atoms with E-state index < -0.39 is 15.9 Å². The van der Waals surface area contributed by atoms with Crippen LogP contribution in [0.25, 0.3) is 90.2 Å². The van der Waals surface area contributed by atoms with Gasteiger partial charge in [-0.3, -0.25) is 29.1 Å². The fourth-order valence-electron chi connectivity index (χ4n) is 15.3. The number of carbonyl (C=O) groups is 1. The van der Waals surface area contributed by atoms with E-state index >= 15 is 0 Å². The number of imidazole rings is 3. The molecule has 93 heavy (non-hydrogen) atoms. The van der Waals surface area contributed by atoms with E-state index in [4.69, 9.17) is 40.5 Å². The maximum absolute atomic E-state index is 13.4. The van der Waals surface area contributed by atoms with Crippen molar-refractivity contribution in [2.45, 2.75) is 114 Å². The largest absolute Gasteiger partial charge is 0.474 e. The third kappa shape index (κ3) is 10.4. The lowest BCUT2D eigenvalue weighted by Crippen LogP contribution is -2.33. The molecule has 3 saturated carbocycles. The lowest BCUT2D eigenvalue weighted by atomic mass is 10.0. The normalized spacial score (nSPS) is 20.5. The molecule has 11 aromatic rings. The number of aromatic nitrogens is 15. The minimum absolute atomic E-state index is 0.0584. The van der Waals surface area contributed by atoms with E-state index in [1.807, 2.05) is 74.7 Å². The van der Waals surface area contributed by atoms with Crippen LogP contribution in [0.4, 0.5) is 4.39 Å². The highest BCUT2D eigenvalue weighted by Gasteiger charge is 2.44. The molecule has 1 aromatic carbocycles. The fraction of sp³-hybridized carbons (Fsp3) is 0.333. The van der Waals surface area contributed by atoms with Crippen molar-refractivity contribution >= 4 is 38.2 Å². The van der Waals surface area contributed by atoms with E-state index in [0.29, 0.717) is 78.3 Å². The van der Waals surface area contributed by atoms with Crippen LogP contribution in [0, 0.1) is 19.7 Å². The van der Waals surface area contributed by atoms with Crippen molar-refractivity contribution in [3.05, 3.63) is 168 Å². The fourth-order valence-corrected chi connectivity index (χ4v) is 16.1. The number of pyridine rings is 5. The first-order valence-electron chi connectivity index (χ1n) is 31.8. The Labute approximate surface area is 534 Å². The lowest BCUT2D eigenvalue weighted by Gasteiger charge is -2.24. The summed E-state index contributed by atoms with van der Waals surface area (Å²) >= 11 is 0. The number of ether oxygens (including phenoxy) is 1. The quantitative estimate of drug-likeness (QED) is 0.115. The summed E-state index contributed by atoms with van der Waals surface area (Å²) in [6, 6.07) is 30.7. The smallest absolute Gasteiger partial charge is 0.287 e. The topological polar surface area (TPSA) is 271 Å². The van der Waals surface area contributed by atoms with Crippen LogP contribution in [-0.2, 0) is 10.0 Å². The third-order valence-electron chi connectivity index (χ3n) is 19.5. The van der Waals surface area contributed by atoms with Crippen LogP contribution >= 0.6 is 0 Å². The van der Waals surface area contributed by atoms with Gasteiger partial charge in [-0.25, -0.2) is 37.7 Å². The number of aryl methyl sites for hydroxylation is 2. The molecule has 1 amide bonds. The molecule has 470 valence electrons. The third-order valence-corrected chi connectivity index (χ3v) is 20.8. The van der Waals surface area contributed by atoms with Gasteiger partial charge in [-0.15, -0.1) is 10.2 Å². The van der Waals surface area contributed by atoms with Crippen LogP contribution in [-0.4, -0.2) is 129 Å². The minimum atomic E-state index is -3.18. The SMILES string of the molecule is Cc1cccc(-c2nc3n(c2-c2ccc4ncc(OCCO)nc4c2)C2CCC3C2)n1.Cc1cccc(-c2nc3n(c2-c2ccnc(C4=CCN(S(C)(=O)=O)CC4)c2)C2CCC3C2)n1.NC(=O)c1nnc2ccc(-c3c(-c4ccc(F)cn4)nc4n3C3CCC4C3)cn12. The Balaban J connectivity index is 0.000000111. The molecule has 0 radical (unpaired) electrons. The minimum Gasteiger partial charge on any atom is -0.474 e. The Morgan fingerprint density at radius 3 is 1.80 bits per heavy atom. The molecule has 0 spiro atoms. The summed E-state index contributed by atoms with van der Waals surface area (Å²) in [5, 5.41) is 16.9. The summed E-state index contributed by atoms with van der Waals surface area (Å²) < 4.78 is 52.9. The van der Waals surface area contributed by atoms with Crippen molar-refractivity contribution in [1.82, 2.24) is 77.5 Å². The first kappa shape index (κ1) is 58.3. The van der Waals surface area contributed by atoms with Gasteiger partial charge in [0, 0.05) is 89.4 Å². The number of aliphatic hydroxyl groups is 1. The van der Waals surface area contributed by atoms with Crippen LogP contribution in [0.2, 0.25) is 0 Å². The highest BCUT2D eigenvalue weighted by molar-refractivity contribution is 7.88. The molecule has 6 unspecified atom stereocenters. The van der Waals surface area contributed by atoms with E-state index in [9.17, 15) is 17.6 Å². The van der Waals surface area contributed by atoms with Gasteiger partial charge in [-0.1, -0.05) is 24.3 Å². The van der Waals surface area contributed by atoms with Gasteiger partial charge >= 0.3 is 0 Å². The summed E-state index contributed by atoms with van der Waals surface area (Å²) in [7, 11) is -3.18. The van der Waals surface area contributed by atoms with Crippen LogP contribution in [0.1, 0.15) is 145 Å². The van der Waals surface area contributed by atoms with E-state index in [-0.39, 0.29) is 24.9 Å². The molecule has 6 bridgehead atoms. The molecule has 10 aromatic heterocycles. The van der Waals surface area contributed by atoms with E-state index in [2.05, 4.69) is 68.1 Å². The summed E-state index contributed by atoms with van der Waals surface area (Å²) in [4.78, 5) is 54.4. The predicted octanol–water partition coefficient (Wildman–Crippen LogP) is 11.0. The molecule has 3 aliphatic carbocycles. The van der Waals surface area contributed by atoms with Gasteiger partial charge in [0.15, 0.2) is 5.65 Å². The number of halogens is 1. The zero-order valence-electron chi connectivity index (χ0n) is 51.5. The summed E-state index contributed by atoms with van der Waals surface area (Å²) in [5.41, 5.74) is 22.7. The lowest BCUT2D eigenvalue weighted by molar-refractivity contribution is 0.0989. The molecule has 14 heterocycles. The monoisotopic (exact) mass is 1260 g/mol. The van der Waals surface area contributed by atoms with Crippen molar-refractivity contribution in [2.24, 2.45) is 5.73 Å². The Hall–Kier alpha value is -9.78. The maximum atomic E-state index is 13.4. The van der Waals surface area contributed by atoms with Gasteiger partial charge in [0.05, 0.1) is 76.1 Å². The molecule has 3 fully saturated rings. The van der Waals surface area contributed by atoms with Crippen LogP contribution in [0.5, 0.6) is 5.88 Å². The van der Waals surface area contributed by atoms with E-state index in [1.165, 1.54) is 73.0 Å². The van der Waals surface area contributed by atoms with E-state index in [1.54, 1.807) is 28.9 Å². The van der Waals surface area contributed by atoms with Crippen molar-refractivity contribution < 1.29 is 27.4 Å². The molecule has 3 N–H and O–H groups in total. The molecule has 18 rings (SSSR count). The average molecular weight is 1260 g/mol. The number of primary amides is 1. The molecule has 6 atom stereocenters. The summed E-state index contributed by atoms with van der Waals surface area (Å²) in [6.45, 7) is 5.04. The standard InChI is InChI=1S/C25H27N5O2S.C24H23N5O2.C20H16FN7O/c1-16-4-3-5-21(27-16)23-24(30-20-7-6-19(14-20)25(30)28-23)18-8-11-26-22(15-18)17-9-12-29(13-10-17)33(2,31)32;1-14-3-2-4-19(26-14)22-23(29-17-7-5-16(11-17)24(29)28-22)15-6-8-18-20(12-15)27-21(13-25-18)31-10-9-30;21-12-3-5-14(23-8-12)16-17(28-13-4-1-10(7-13)19(28)24-16)11-2-6-15-25-26-20(18(22)29)27(15)9-11/h3-5,8-9,11,15,19-20H,6-7,10,12-14H2,1-2H3;2-4,6,8,12-13,16-17,30H,5,7,9-11H2,1H3;2-3,5-6,8-10,13H,1,4,7H2,(H2,22,29). The molecule has 22 nitrogen and oxygen atoms in total.